The number of benzene rings is 2. The quantitative estimate of drug-likeness (QED) is 0.866. The Morgan fingerprint density at radius 3 is 2.30 bits per heavy atom. The highest BCUT2D eigenvalue weighted by atomic mass is 16.5. The molecule has 1 N–H and O–H groups in total. The van der Waals surface area contributed by atoms with Crippen LogP contribution in [0.3, 0.4) is 0 Å². The molecule has 2 aromatic carbocycles. The smallest absolute Gasteiger partial charge is 0.412 e. The molecule has 0 heterocycles. The van der Waals surface area contributed by atoms with Crippen LogP contribution >= 0.6 is 0 Å². The predicted molar refractivity (Wildman–Crippen MR) is 88.9 cm³/mol. The Morgan fingerprint density at radius 1 is 1.04 bits per heavy atom. The number of rotatable bonds is 3. The van der Waals surface area contributed by atoms with E-state index in [0.29, 0.717) is 12.3 Å². The van der Waals surface area contributed by atoms with Crippen LogP contribution in [0.2, 0.25) is 0 Å². The Labute approximate surface area is 134 Å². The van der Waals surface area contributed by atoms with Crippen molar-refractivity contribution in [3.8, 4) is 11.1 Å². The van der Waals surface area contributed by atoms with Crippen molar-refractivity contribution in [2.75, 3.05) is 6.61 Å². The number of amides is 1. The average molecular weight is 301 g/mol. The van der Waals surface area contributed by atoms with Crippen molar-refractivity contribution in [2.45, 2.75) is 5.92 Å². The molecule has 2 aliphatic rings. The molecule has 23 heavy (non-hydrogen) atoms. The molecule has 1 amide bonds. The van der Waals surface area contributed by atoms with Crippen molar-refractivity contribution in [1.29, 1.82) is 0 Å². The molecular weight excluding hydrogens is 286 g/mol. The highest BCUT2D eigenvalue weighted by Crippen LogP contribution is 2.44. The molecule has 112 valence electrons. The van der Waals surface area contributed by atoms with Crippen molar-refractivity contribution in [1.82, 2.24) is 5.32 Å². The van der Waals surface area contributed by atoms with E-state index in [9.17, 15) is 4.79 Å². The lowest BCUT2D eigenvalue weighted by Crippen LogP contribution is -2.24. The second-order valence-electron chi connectivity index (χ2n) is 5.53. The molecule has 2 aliphatic carbocycles. The van der Waals surface area contributed by atoms with Gasteiger partial charge < -0.3 is 4.74 Å². The highest BCUT2D eigenvalue weighted by Gasteiger charge is 2.28. The zero-order valence-corrected chi connectivity index (χ0v) is 12.5. The number of nitrogens with one attached hydrogen (secondary N) is 1. The molecule has 4 rings (SSSR count). The number of fused-ring (bicyclic) bond motifs is 3. The summed E-state index contributed by atoms with van der Waals surface area (Å²) in [7, 11) is 0. The third-order valence-electron chi connectivity index (χ3n) is 4.18. The predicted octanol–water partition coefficient (Wildman–Crippen LogP) is 4.13. The van der Waals surface area contributed by atoms with E-state index in [2.05, 4.69) is 35.3 Å². The molecule has 0 bridgehead atoms. The van der Waals surface area contributed by atoms with Gasteiger partial charge in [-0.2, -0.15) is 0 Å². The van der Waals surface area contributed by atoms with Gasteiger partial charge in [0.25, 0.3) is 0 Å². The van der Waals surface area contributed by atoms with Gasteiger partial charge in [0, 0.05) is 5.92 Å². The normalized spacial score (nSPS) is 14.3. The number of hydrogen-bond acceptors (Lipinski definition) is 2. The van der Waals surface area contributed by atoms with E-state index in [-0.39, 0.29) is 5.92 Å². The van der Waals surface area contributed by atoms with E-state index in [4.69, 9.17) is 4.74 Å². The van der Waals surface area contributed by atoms with E-state index in [1.54, 1.807) is 12.2 Å². The Bertz CT molecular complexity index is 827. The summed E-state index contributed by atoms with van der Waals surface area (Å²) >= 11 is 0. The van der Waals surface area contributed by atoms with E-state index in [0.717, 1.165) is 0 Å². The van der Waals surface area contributed by atoms with Crippen molar-refractivity contribution >= 4 is 6.09 Å². The first-order valence-electron chi connectivity index (χ1n) is 7.58. The fraction of sp³-hybridized carbons (Fsp3) is 0.100. The van der Waals surface area contributed by atoms with Crippen LogP contribution in [0.1, 0.15) is 17.0 Å². The van der Waals surface area contributed by atoms with Crippen LogP contribution in [0.5, 0.6) is 0 Å². The van der Waals surface area contributed by atoms with Crippen LogP contribution in [0.15, 0.2) is 78.2 Å². The van der Waals surface area contributed by atoms with Gasteiger partial charge in [-0.15, -0.1) is 0 Å². The van der Waals surface area contributed by atoms with Crippen LogP contribution < -0.4 is 5.32 Å². The summed E-state index contributed by atoms with van der Waals surface area (Å²) in [5, 5.41) is 2.68. The zero-order chi connectivity index (χ0) is 15.6. The molecule has 0 radical (unpaired) electrons. The zero-order valence-electron chi connectivity index (χ0n) is 12.5. The molecule has 3 heteroatoms. The Balaban J connectivity index is 1.54. The maximum Gasteiger partial charge on any atom is 0.412 e. The molecule has 0 aromatic heterocycles. The first-order valence-corrected chi connectivity index (χ1v) is 7.58. The molecule has 0 aliphatic heterocycles. The highest BCUT2D eigenvalue weighted by molar-refractivity contribution is 5.79. The minimum atomic E-state index is -0.450. The van der Waals surface area contributed by atoms with Crippen molar-refractivity contribution in [3.05, 3.63) is 89.3 Å². The monoisotopic (exact) mass is 301 g/mol. The van der Waals surface area contributed by atoms with Gasteiger partial charge in [-0.25, -0.2) is 4.79 Å². The Hall–Kier alpha value is -3.03. The number of carbonyl (C=O) groups is 1. The van der Waals surface area contributed by atoms with Gasteiger partial charge in [0.2, 0.25) is 0 Å². The van der Waals surface area contributed by atoms with Crippen LogP contribution in [-0.4, -0.2) is 12.7 Å². The van der Waals surface area contributed by atoms with E-state index < -0.39 is 6.09 Å². The van der Waals surface area contributed by atoms with Gasteiger partial charge in [0.15, 0.2) is 0 Å². The third kappa shape index (κ3) is 2.48. The van der Waals surface area contributed by atoms with Crippen molar-refractivity contribution in [2.24, 2.45) is 0 Å². The molecule has 0 saturated heterocycles. The van der Waals surface area contributed by atoms with E-state index in [1.165, 1.54) is 22.3 Å². The lowest BCUT2D eigenvalue weighted by Gasteiger charge is -2.14. The summed E-state index contributed by atoms with van der Waals surface area (Å²) in [5.41, 5.74) is 8.41. The summed E-state index contributed by atoms with van der Waals surface area (Å²) in [6.45, 7) is 0.320. The number of alkyl carbamates (subject to hydrolysis) is 1. The van der Waals surface area contributed by atoms with Gasteiger partial charge >= 0.3 is 6.09 Å². The SMILES string of the molecule is O=C(NC1=C=CC=C1)OCC1c2ccccc2-c2ccccc21. The van der Waals surface area contributed by atoms with Gasteiger partial charge in [0.05, 0.1) is 5.70 Å². The Morgan fingerprint density at radius 2 is 1.70 bits per heavy atom. The van der Waals surface area contributed by atoms with Crippen LogP contribution in [-0.2, 0) is 4.74 Å². The summed E-state index contributed by atoms with van der Waals surface area (Å²) < 4.78 is 5.44. The van der Waals surface area contributed by atoms with Crippen molar-refractivity contribution in [3.63, 3.8) is 0 Å². The summed E-state index contributed by atoms with van der Waals surface area (Å²) in [4.78, 5) is 11.9. The first-order chi connectivity index (χ1) is 11.3. The minimum absolute atomic E-state index is 0.0804. The molecule has 2 aromatic rings. The Kier molecular flexibility index (Phi) is 3.34. The van der Waals surface area contributed by atoms with Crippen LogP contribution in [0.4, 0.5) is 4.79 Å². The number of carbonyl (C=O) groups excluding carboxylic acids is 1. The molecule has 0 unspecified atom stereocenters. The number of allylic oxidation sites excluding steroid dienone is 2. The number of ether oxygens (including phenoxy) is 1. The molecule has 0 atom stereocenters. The third-order valence-corrected chi connectivity index (χ3v) is 4.18. The second kappa shape index (κ2) is 5.64. The average Bonchev–Trinajstić information content (AvgIpc) is 3.19. The van der Waals surface area contributed by atoms with Crippen LogP contribution in [0.25, 0.3) is 11.1 Å². The molecular formula is C20H15NO2. The van der Waals surface area contributed by atoms with Gasteiger partial charge in [-0.3, -0.25) is 5.32 Å². The van der Waals surface area contributed by atoms with Gasteiger partial charge in [-0.05, 0) is 34.4 Å². The standard InChI is InChI=1S/C20H15NO2/c22-20(21-14-7-1-2-8-14)23-13-19-17-11-5-3-9-15(17)16-10-4-6-12-18(16)19/h1-7,9-12,19H,13H2,(H,21,22). The van der Waals surface area contributed by atoms with Gasteiger partial charge in [0.1, 0.15) is 6.61 Å². The van der Waals surface area contributed by atoms with Gasteiger partial charge in [-0.1, -0.05) is 60.3 Å². The van der Waals surface area contributed by atoms with Crippen molar-refractivity contribution < 1.29 is 9.53 Å². The summed E-state index contributed by atoms with van der Waals surface area (Å²) in [5.74, 6) is 0.0804. The first kappa shape index (κ1) is 13.6. The maximum atomic E-state index is 11.9. The lowest BCUT2D eigenvalue weighted by atomic mass is 9.98. The second-order valence-corrected chi connectivity index (χ2v) is 5.53. The molecule has 0 fully saturated rings. The number of hydrogen-bond donors (Lipinski definition) is 1. The molecule has 0 spiro atoms. The van der Waals surface area contributed by atoms with Crippen LogP contribution in [0, 0.1) is 0 Å². The van der Waals surface area contributed by atoms with E-state index in [1.807, 2.05) is 30.3 Å². The maximum absolute atomic E-state index is 11.9. The molecule has 3 nitrogen and oxygen atoms in total. The topological polar surface area (TPSA) is 38.3 Å². The lowest BCUT2D eigenvalue weighted by molar-refractivity contribution is 0.146. The van der Waals surface area contributed by atoms with E-state index >= 15 is 0 Å². The summed E-state index contributed by atoms with van der Waals surface area (Å²) in [6.07, 6.45) is 4.90. The fourth-order valence-electron chi connectivity index (χ4n) is 3.15. The summed E-state index contributed by atoms with van der Waals surface area (Å²) in [6, 6.07) is 16.6. The largest absolute Gasteiger partial charge is 0.448 e. The fourth-order valence-corrected chi connectivity index (χ4v) is 3.15. The minimum Gasteiger partial charge on any atom is -0.448 e. The molecule has 0 saturated carbocycles.